The Balaban J connectivity index is 1.50. The number of carbonyl (C=O) groups excluding carboxylic acids is 2. The van der Waals surface area contributed by atoms with E-state index in [4.69, 9.17) is 9.47 Å². The normalized spacial score (nSPS) is 14.3. The minimum Gasteiger partial charge on any atom is -0.493 e. The average molecular weight is 494 g/mol. The van der Waals surface area contributed by atoms with Gasteiger partial charge in [0.25, 0.3) is 0 Å². The molecule has 1 heterocycles. The Labute approximate surface area is 189 Å². The summed E-state index contributed by atoms with van der Waals surface area (Å²) < 4.78 is 24.6. The molecule has 2 aromatic carbocycles. The molecule has 3 rings (SSSR count). The average Bonchev–Trinajstić information content (AvgIpc) is 2.75. The summed E-state index contributed by atoms with van der Waals surface area (Å²) in [6.45, 7) is 2.46. The topological polar surface area (TPSA) is 71.1 Å². The Kier molecular flexibility index (Phi) is 7.86. The Hall–Kier alpha value is -2.65. The van der Waals surface area contributed by atoms with Crippen molar-refractivity contribution in [2.75, 3.05) is 52.3 Å². The van der Waals surface area contributed by atoms with Gasteiger partial charge in [-0.05, 0) is 35.9 Å². The summed E-state index contributed by atoms with van der Waals surface area (Å²) in [6, 6.07) is 9.38. The number of nitrogens with one attached hydrogen (secondary N) is 1. The lowest BCUT2D eigenvalue weighted by Gasteiger charge is -2.34. The first-order chi connectivity index (χ1) is 14.9. The molecule has 0 saturated carbocycles. The molecule has 0 aliphatic carbocycles. The zero-order valence-electron chi connectivity index (χ0n) is 17.5. The third-order valence-electron chi connectivity index (χ3n) is 5.09. The van der Waals surface area contributed by atoms with Crippen LogP contribution >= 0.6 is 15.9 Å². The van der Waals surface area contributed by atoms with Crippen molar-refractivity contribution in [3.05, 3.63) is 52.3 Å². The highest BCUT2D eigenvalue weighted by atomic mass is 79.9. The number of piperazine rings is 1. The van der Waals surface area contributed by atoms with E-state index in [1.165, 1.54) is 12.1 Å². The molecule has 2 aromatic rings. The number of halogens is 2. The molecule has 0 spiro atoms. The Morgan fingerprint density at radius 2 is 1.74 bits per heavy atom. The Morgan fingerprint density at radius 1 is 1.06 bits per heavy atom. The molecule has 9 heteroatoms. The van der Waals surface area contributed by atoms with Crippen molar-refractivity contribution < 1.29 is 23.5 Å². The molecule has 1 aliphatic heterocycles. The third kappa shape index (κ3) is 6.18. The van der Waals surface area contributed by atoms with E-state index in [0.717, 1.165) is 10.0 Å². The largest absolute Gasteiger partial charge is 0.493 e. The minimum absolute atomic E-state index is 0.0109. The molecule has 0 aromatic heterocycles. The SMILES string of the molecule is COc1cc(Br)c(CC(=O)N2CCN(CC(=O)Nc3cccc(F)c3)CC2)cc1OC. The van der Waals surface area contributed by atoms with Gasteiger partial charge in [0.15, 0.2) is 11.5 Å². The van der Waals surface area contributed by atoms with Gasteiger partial charge in [-0.15, -0.1) is 0 Å². The van der Waals surface area contributed by atoms with Gasteiger partial charge < -0.3 is 19.7 Å². The number of methoxy groups -OCH3 is 2. The molecule has 0 unspecified atom stereocenters. The third-order valence-corrected chi connectivity index (χ3v) is 5.83. The van der Waals surface area contributed by atoms with Crippen LogP contribution in [0.4, 0.5) is 10.1 Å². The van der Waals surface area contributed by atoms with Crippen LogP contribution in [-0.4, -0.2) is 68.6 Å². The number of rotatable bonds is 7. The van der Waals surface area contributed by atoms with Crippen LogP contribution in [0.15, 0.2) is 40.9 Å². The monoisotopic (exact) mass is 493 g/mol. The van der Waals surface area contributed by atoms with Crippen molar-refractivity contribution >= 4 is 33.4 Å². The smallest absolute Gasteiger partial charge is 0.238 e. The maximum atomic E-state index is 13.2. The number of hydrogen-bond acceptors (Lipinski definition) is 5. The van der Waals surface area contributed by atoms with Crippen molar-refractivity contribution in [2.45, 2.75) is 6.42 Å². The molecule has 1 N–H and O–H groups in total. The molecule has 166 valence electrons. The summed E-state index contributed by atoms with van der Waals surface area (Å²) in [5, 5.41) is 2.69. The zero-order chi connectivity index (χ0) is 22.4. The van der Waals surface area contributed by atoms with Crippen LogP contribution in [0.5, 0.6) is 11.5 Å². The molecule has 1 saturated heterocycles. The lowest BCUT2D eigenvalue weighted by molar-refractivity contribution is -0.132. The highest BCUT2D eigenvalue weighted by Crippen LogP contribution is 2.33. The molecule has 2 amide bonds. The summed E-state index contributed by atoms with van der Waals surface area (Å²) in [5.41, 5.74) is 1.25. The van der Waals surface area contributed by atoms with Crippen LogP contribution in [0.25, 0.3) is 0 Å². The fourth-order valence-corrected chi connectivity index (χ4v) is 3.89. The summed E-state index contributed by atoms with van der Waals surface area (Å²) in [6.07, 6.45) is 0.237. The highest BCUT2D eigenvalue weighted by Gasteiger charge is 2.23. The standard InChI is InChI=1S/C22H25BrFN3O4/c1-30-19-10-15(18(23)13-20(19)31-2)11-22(29)27-8-6-26(7-9-27)14-21(28)25-17-5-3-4-16(24)12-17/h3-5,10,12-13H,6-9,11,14H2,1-2H3,(H,25,28). The Bertz CT molecular complexity index is 948. The minimum atomic E-state index is -0.397. The van der Waals surface area contributed by atoms with Crippen molar-refractivity contribution in [1.29, 1.82) is 0 Å². The summed E-state index contributed by atoms with van der Waals surface area (Å²) in [4.78, 5) is 28.8. The summed E-state index contributed by atoms with van der Waals surface area (Å²) >= 11 is 3.49. The fourth-order valence-electron chi connectivity index (χ4n) is 3.43. The van der Waals surface area contributed by atoms with E-state index in [0.29, 0.717) is 43.4 Å². The molecule has 31 heavy (non-hydrogen) atoms. The van der Waals surface area contributed by atoms with E-state index in [-0.39, 0.29) is 24.8 Å². The first kappa shape index (κ1) is 23.0. The molecular weight excluding hydrogens is 469 g/mol. The summed E-state index contributed by atoms with van der Waals surface area (Å²) in [7, 11) is 3.12. The van der Waals surface area contributed by atoms with Crippen molar-refractivity contribution in [2.24, 2.45) is 0 Å². The molecule has 0 atom stereocenters. The van der Waals surface area contributed by atoms with Crippen LogP contribution in [-0.2, 0) is 16.0 Å². The maximum Gasteiger partial charge on any atom is 0.238 e. The predicted molar refractivity (Wildman–Crippen MR) is 119 cm³/mol. The first-order valence-electron chi connectivity index (χ1n) is 9.85. The van der Waals surface area contributed by atoms with E-state index in [1.807, 2.05) is 4.90 Å². The van der Waals surface area contributed by atoms with E-state index in [9.17, 15) is 14.0 Å². The number of amides is 2. The van der Waals surface area contributed by atoms with E-state index in [2.05, 4.69) is 21.2 Å². The lowest BCUT2D eigenvalue weighted by Crippen LogP contribution is -2.50. The molecular formula is C22H25BrFN3O4. The second-order valence-corrected chi connectivity index (χ2v) is 8.05. The fraction of sp³-hybridized carbons (Fsp3) is 0.364. The van der Waals surface area contributed by atoms with Gasteiger partial charge in [0, 0.05) is 36.3 Å². The van der Waals surface area contributed by atoms with Crippen LogP contribution < -0.4 is 14.8 Å². The number of hydrogen-bond donors (Lipinski definition) is 1. The molecule has 7 nitrogen and oxygen atoms in total. The van der Waals surface area contributed by atoms with Gasteiger partial charge in [0.2, 0.25) is 11.8 Å². The molecule has 0 bridgehead atoms. The number of carbonyl (C=O) groups is 2. The van der Waals surface area contributed by atoms with Crippen molar-refractivity contribution in [3.8, 4) is 11.5 Å². The number of nitrogens with zero attached hydrogens (tertiary/aromatic N) is 2. The van der Waals surface area contributed by atoms with E-state index < -0.39 is 5.82 Å². The second kappa shape index (κ2) is 10.6. The summed E-state index contributed by atoms with van der Waals surface area (Å²) in [5.74, 6) is 0.570. The van der Waals surface area contributed by atoms with Gasteiger partial charge in [-0.25, -0.2) is 4.39 Å². The quantitative estimate of drug-likeness (QED) is 0.641. The Morgan fingerprint density at radius 3 is 2.39 bits per heavy atom. The number of ether oxygens (including phenoxy) is 2. The van der Waals surface area contributed by atoms with Crippen LogP contribution in [0.1, 0.15) is 5.56 Å². The van der Waals surface area contributed by atoms with Gasteiger partial charge in [-0.2, -0.15) is 0 Å². The van der Waals surface area contributed by atoms with Crippen LogP contribution in [0.2, 0.25) is 0 Å². The van der Waals surface area contributed by atoms with Gasteiger partial charge >= 0.3 is 0 Å². The van der Waals surface area contributed by atoms with Gasteiger partial charge in [0.05, 0.1) is 27.2 Å². The van der Waals surface area contributed by atoms with Crippen molar-refractivity contribution in [3.63, 3.8) is 0 Å². The predicted octanol–water partition coefficient (Wildman–Crippen LogP) is 2.93. The molecule has 0 radical (unpaired) electrons. The van der Waals surface area contributed by atoms with Crippen molar-refractivity contribution in [1.82, 2.24) is 9.80 Å². The second-order valence-electron chi connectivity index (χ2n) is 7.19. The maximum absolute atomic E-state index is 13.2. The van der Waals surface area contributed by atoms with Gasteiger partial charge in [-0.3, -0.25) is 14.5 Å². The zero-order valence-corrected chi connectivity index (χ0v) is 19.1. The molecule has 1 fully saturated rings. The number of benzene rings is 2. The first-order valence-corrected chi connectivity index (χ1v) is 10.6. The molecule has 1 aliphatic rings. The van der Waals surface area contributed by atoms with Gasteiger partial charge in [0.1, 0.15) is 5.82 Å². The van der Waals surface area contributed by atoms with E-state index >= 15 is 0 Å². The number of anilines is 1. The highest BCUT2D eigenvalue weighted by molar-refractivity contribution is 9.10. The van der Waals surface area contributed by atoms with Gasteiger partial charge in [-0.1, -0.05) is 22.0 Å². The lowest BCUT2D eigenvalue weighted by atomic mass is 10.1. The van der Waals surface area contributed by atoms with Crippen LogP contribution in [0.3, 0.4) is 0 Å². The van der Waals surface area contributed by atoms with Crippen LogP contribution in [0, 0.1) is 5.82 Å². The van der Waals surface area contributed by atoms with E-state index in [1.54, 1.807) is 43.4 Å².